The number of nitrogens with zero attached hydrogens (tertiary/aromatic N) is 3. The van der Waals surface area contributed by atoms with Crippen molar-refractivity contribution in [3.63, 3.8) is 0 Å². The number of nitrogens with one attached hydrogen (secondary N) is 8. The second-order valence-electron chi connectivity index (χ2n) is 22.1. The van der Waals surface area contributed by atoms with E-state index in [0.29, 0.717) is 12.8 Å². The fourth-order valence-corrected chi connectivity index (χ4v) is 9.37. The molecule has 3 heterocycles. The molecule has 2 saturated heterocycles. The summed E-state index contributed by atoms with van der Waals surface area (Å²) in [6.45, 7) is 18.2. The van der Waals surface area contributed by atoms with Gasteiger partial charge in [-0.15, -0.1) is 0 Å². The molecule has 8 N–H and O–H groups in total. The normalized spacial score (nSPS) is 20.4. The monoisotopic (exact) mass is 1010 g/mol. The number of amides is 7. The van der Waals surface area contributed by atoms with Gasteiger partial charge in [0.2, 0.25) is 29.5 Å². The summed E-state index contributed by atoms with van der Waals surface area (Å²) in [7, 11) is 3.31. The zero-order valence-electron chi connectivity index (χ0n) is 44.7. The van der Waals surface area contributed by atoms with Crippen molar-refractivity contribution in [3.05, 3.63) is 89.2 Å². The Hall–Kier alpha value is -6.47. The Balaban J connectivity index is 1.32. The lowest BCUT2D eigenvalue weighted by molar-refractivity contribution is -0.146. The largest absolute Gasteiger partial charge is 0.352 e. The minimum Gasteiger partial charge on any atom is -0.352 e. The van der Waals surface area contributed by atoms with Crippen molar-refractivity contribution < 1.29 is 38.4 Å². The van der Waals surface area contributed by atoms with Gasteiger partial charge in [-0.3, -0.25) is 43.5 Å². The molecule has 2 fully saturated rings. The van der Waals surface area contributed by atoms with E-state index in [-0.39, 0.29) is 79.3 Å². The van der Waals surface area contributed by atoms with Gasteiger partial charge in [0, 0.05) is 55.7 Å². The zero-order chi connectivity index (χ0) is 53.9. The number of aromatic amines is 1. The number of carbonyl (C=O) groups is 8. The average Bonchev–Trinajstić information content (AvgIpc) is 4.11. The first-order valence-electron chi connectivity index (χ1n) is 25.4. The summed E-state index contributed by atoms with van der Waals surface area (Å²) in [6, 6.07) is 14.6. The highest BCUT2D eigenvalue weighted by Gasteiger charge is 2.47. The number of likely N-dealkylation sites (N-methyl/N-ethyl adjacent to an activating group) is 2. The predicted octanol–water partition coefficient (Wildman–Crippen LogP) is 2.67. The van der Waals surface area contributed by atoms with Crippen molar-refractivity contribution in [1.82, 2.24) is 57.2 Å². The Labute approximate surface area is 430 Å². The van der Waals surface area contributed by atoms with Gasteiger partial charge in [0.05, 0.1) is 12.1 Å². The Morgan fingerprint density at radius 3 is 1.55 bits per heavy atom. The Morgan fingerprint density at radius 2 is 1.10 bits per heavy atom. The van der Waals surface area contributed by atoms with Gasteiger partial charge in [0.25, 0.3) is 11.8 Å². The molecular weight excluding hydrogens is 931 g/mol. The van der Waals surface area contributed by atoms with Crippen LogP contribution in [-0.2, 0) is 41.6 Å². The first kappa shape index (κ1) is 57.4. The highest BCUT2D eigenvalue weighted by molar-refractivity contribution is 5.99. The molecule has 3 aromatic rings. The number of carbonyl (C=O) groups excluding carboxylic acids is 8. The van der Waals surface area contributed by atoms with E-state index in [1.165, 1.54) is 15.9 Å². The minimum absolute atomic E-state index is 0.0131. The van der Waals surface area contributed by atoms with Crippen LogP contribution in [0.4, 0.5) is 0 Å². The fraction of sp³-hybridized carbons (Fsp3) is 0.574. The molecule has 5 rings (SSSR count). The Bertz CT molecular complexity index is 2250. The van der Waals surface area contributed by atoms with E-state index in [1.54, 1.807) is 27.9 Å². The first-order valence-corrected chi connectivity index (χ1v) is 25.4. The number of H-pyrrole nitrogens is 1. The molecule has 10 atom stereocenters. The van der Waals surface area contributed by atoms with Gasteiger partial charge >= 0.3 is 0 Å². The van der Waals surface area contributed by atoms with E-state index in [9.17, 15) is 38.4 Å². The predicted molar refractivity (Wildman–Crippen MR) is 278 cm³/mol. The van der Waals surface area contributed by atoms with Crippen LogP contribution in [0.3, 0.4) is 0 Å². The van der Waals surface area contributed by atoms with E-state index >= 15 is 0 Å². The maximum Gasteiger partial charge on any atom is 0.272 e. The quantitative estimate of drug-likeness (QED) is 0.0770. The second kappa shape index (κ2) is 25.0. The van der Waals surface area contributed by atoms with Crippen LogP contribution in [0.5, 0.6) is 0 Å². The first-order chi connectivity index (χ1) is 34.3. The van der Waals surface area contributed by atoms with Crippen LogP contribution in [0.2, 0.25) is 0 Å². The van der Waals surface area contributed by atoms with E-state index in [1.807, 2.05) is 116 Å². The van der Waals surface area contributed by atoms with Crippen LogP contribution in [-0.4, -0.2) is 149 Å². The number of likely N-dealkylation sites (tertiary alicyclic amines) is 2. The summed E-state index contributed by atoms with van der Waals surface area (Å²) in [5, 5.41) is 27.4. The van der Waals surface area contributed by atoms with Crippen molar-refractivity contribution in [2.75, 3.05) is 27.2 Å². The highest BCUT2D eigenvalue weighted by Crippen LogP contribution is 2.34. The number of rotatable bonds is 21. The van der Waals surface area contributed by atoms with E-state index in [0.717, 1.165) is 11.1 Å². The molecule has 2 aliphatic rings. The molecular formula is C54H79N11O8. The molecule has 0 saturated carbocycles. The molecule has 73 heavy (non-hydrogen) atoms. The smallest absolute Gasteiger partial charge is 0.272 e. The number of hydrogen-bond donors (Lipinski definition) is 8. The molecule has 7 amide bonds. The number of aromatic nitrogens is 2. The van der Waals surface area contributed by atoms with Crippen molar-refractivity contribution in [2.45, 2.75) is 156 Å². The van der Waals surface area contributed by atoms with Gasteiger partial charge in [0.15, 0.2) is 5.69 Å². The molecule has 0 bridgehead atoms. The van der Waals surface area contributed by atoms with Crippen LogP contribution in [0.15, 0.2) is 66.7 Å². The van der Waals surface area contributed by atoms with Crippen LogP contribution >= 0.6 is 0 Å². The number of benzene rings is 2. The molecule has 0 spiro atoms. The van der Waals surface area contributed by atoms with Gasteiger partial charge in [-0.05, 0) is 89.4 Å². The van der Waals surface area contributed by atoms with E-state index < -0.39 is 82.7 Å². The second-order valence-corrected chi connectivity index (χ2v) is 22.1. The Kier molecular flexibility index (Phi) is 19.6. The lowest BCUT2D eigenvalue weighted by Crippen LogP contribution is -2.60. The average molecular weight is 1010 g/mol. The van der Waals surface area contributed by atoms with Crippen LogP contribution < -0.4 is 37.2 Å². The van der Waals surface area contributed by atoms with Gasteiger partial charge in [0.1, 0.15) is 29.6 Å². The SMILES string of the molecule is CN[C@@H](C)C(=O)C[C@H](C(=O)N1CC(NC(=O)c2cc(C(=O)NC3C[C@@H](C(=O)N[C@H](C)Cc4ccccc4)N(C(=O)[C@@H](NC(=O)[C@H](C)NC)C(C)(C)C)C3)[nH]n2)C[C@H]1C(=O)N[C@H](C)Cc1ccccc1)C(C)(C)C. The molecule has 398 valence electrons. The van der Waals surface area contributed by atoms with Crippen molar-refractivity contribution in [1.29, 1.82) is 0 Å². The van der Waals surface area contributed by atoms with Crippen molar-refractivity contribution in [3.8, 4) is 0 Å². The van der Waals surface area contributed by atoms with E-state index in [4.69, 9.17) is 0 Å². The highest BCUT2D eigenvalue weighted by atomic mass is 16.2. The molecule has 2 unspecified atom stereocenters. The van der Waals surface area contributed by atoms with Gasteiger partial charge in [-0.2, -0.15) is 5.10 Å². The minimum atomic E-state index is -1.01. The lowest BCUT2D eigenvalue weighted by Gasteiger charge is -2.36. The molecule has 0 radical (unpaired) electrons. The molecule has 2 aromatic carbocycles. The maximum absolute atomic E-state index is 14.6. The van der Waals surface area contributed by atoms with Gasteiger partial charge in [-0.25, -0.2) is 0 Å². The molecule has 2 aliphatic heterocycles. The summed E-state index contributed by atoms with van der Waals surface area (Å²) >= 11 is 0. The lowest BCUT2D eigenvalue weighted by atomic mass is 9.76. The van der Waals surface area contributed by atoms with Gasteiger partial charge in [-0.1, -0.05) is 102 Å². The number of ketones is 1. The summed E-state index contributed by atoms with van der Waals surface area (Å²) < 4.78 is 0. The third kappa shape index (κ3) is 15.5. The summed E-state index contributed by atoms with van der Waals surface area (Å²) in [4.78, 5) is 114. The molecule has 19 heteroatoms. The van der Waals surface area contributed by atoms with Crippen molar-refractivity contribution >= 4 is 47.1 Å². The maximum atomic E-state index is 14.6. The van der Waals surface area contributed by atoms with Crippen LogP contribution in [0.25, 0.3) is 0 Å². The fourth-order valence-electron chi connectivity index (χ4n) is 9.37. The number of Topliss-reactive ketones (excluding diaryl/α,β-unsaturated/α-hetero) is 1. The number of hydrogen-bond acceptors (Lipinski definition) is 11. The summed E-state index contributed by atoms with van der Waals surface area (Å²) in [5.41, 5.74) is 0.464. The van der Waals surface area contributed by atoms with Gasteiger partial charge < -0.3 is 47.0 Å². The molecule has 19 nitrogen and oxygen atoms in total. The summed E-state index contributed by atoms with van der Waals surface area (Å²) in [6.07, 6.45) is 1.21. The molecule has 1 aromatic heterocycles. The zero-order valence-corrected chi connectivity index (χ0v) is 44.7. The molecule has 0 aliphatic carbocycles. The third-order valence-corrected chi connectivity index (χ3v) is 13.9. The third-order valence-electron chi connectivity index (χ3n) is 13.9. The van der Waals surface area contributed by atoms with Crippen molar-refractivity contribution in [2.24, 2.45) is 16.7 Å². The summed E-state index contributed by atoms with van der Waals surface area (Å²) in [5.74, 6) is -4.22. The van der Waals surface area contributed by atoms with Crippen LogP contribution in [0.1, 0.15) is 121 Å². The Morgan fingerprint density at radius 1 is 0.630 bits per heavy atom. The van der Waals surface area contributed by atoms with E-state index in [2.05, 4.69) is 47.4 Å². The topological polar surface area (TPSA) is 256 Å². The standard InChI is InChI=1S/C54H79N11O8/c1-31(23-35-19-15-13-16-20-35)57-49(70)42-25-37(29-64(42)51(72)39(53(5,6)7)27-44(66)33(3)55-11)59-47(68)40-28-41(63-62-40)48(69)60-38-26-43(50(71)58-32(2)24-36-21-17-14-18-22-36)65(30-38)52(73)45(54(8,9)10)61-46(67)34(4)56-12/h13-22,28,31-34,37-39,42-43,45,55-56H,23-27,29-30H2,1-12H3,(H,57,70)(H,58,71)(H,59,68)(H,60,69)(H,61,67)(H,62,63)/t31-,32-,33+,34+,37?,38?,39-,42+,43+,45-/m1/s1. The van der Waals surface area contributed by atoms with Crippen LogP contribution in [0, 0.1) is 16.7 Å².